The highest BCUT2D eigenvalue weighted by molar-refractivity contribution is 8.00. The first kappa shape index (κ1) is 32.3. The number of amides is 3. The lowest BCUT2D eigenvalue weighted by molar-refractivity contribution is -0.115. The third kappa shape index (κ3) is 7.32. The summed E-state index contributed by atoms with van der Waals surface area (Å²) in [5.74, 6) is -1.58. The average Bonchev–Trinajstić information content (AvgIpc) is 3.42. The molecule has 0 aliphatic heterocycles. The van der Waals surface area contributed by atoms with Crippen molar-refractivity contribution < 1.29 is 18.8 Å². The van der Waals surface area contributed by atoms with Crippen LogP contribution in [0, 0.1) is 5.82 Å². The van der Waals surface area contributed by atoms with Gasteiger partial charge in [0.2, 0.25) is 5.91 Å². The van der Waals surface area contributed by atoms with Gasteiger partial charge in [-0.05, 0) is 92.2 Å². The normalized spacial score (nSPS) is 12.1. The van der Waals surface area contributed by atoms with Gasteiger partial charge in [0.25, 0.3) is 11.8 Å². The maximum Gasteiger partial charge on any atom is 0.272 e. The summed E-state index contributed by atoms with van der Waals surface area (Å²) in [6.45, 7) is 4.79. The zero-order chi connectivity index (χ0) is 33.6. The zero-order valence-electron chi connectivity index (χ0n) is 26.4. The molecule has 0 aliphatic rings. The molecule has 0 aliphatic carbocycles. The standard InChI is InChI=1S/C39H33FN4O3S/c1-3-44-35-15-8-7-14-32(35)33-24-30(20-21-36(33)44)41-37(45)25(2)48-31-13-9-12-29(23-31)42-39(47)34(22-26-16-18-28(40)19-17-26)43-38(46)27-10-5-4-6-11-27/h4-25H,3H2,1-2H3,(H,41,45)(H,42,47)(H,43,46)/b34-22-. The van der Waals surface area contributed by atoms with Gasteiger partial charge in [0.05, 0.1) is 5.25 Å². The summed E-state index contributed by atoms with van der Waals surface area (Å²) in [7, 11) is 0. The predicted molar refractivity (Wildman–Crippen MR) is 192 cm³/mol. The molecule has 0 fully saturated rings. The highest BCUT2D eigenvalue weighted by atomic mass is 32.2. The number of carbonyl (C=O) groups is 3. The van der Waals surface area contributed by atoms with Gasteiger partial charge in [0, 0.05) is 50.2 Å². The molecule has 0 bridgehead atoms. The van der Waals surface area contributed by atoms with Crippen molar-refractivity contribution in [1.82, 2.24) is 9.88 Å². The highest BCUT2D eigenvalue weighted by Gasteiger charge is 2.18. The van der Waals surface area contributed by atoms with Gasteiger partial charge < -0.3 is 20.5 Å². The van der Waals surface area contributed by atoms with Crippen molar-refractivity contribution in [2.75, 3.05) is 10.6 Å². The van der Waals surface area contributed by atoms with E-state index in [2.05, 4.69) is 39.6 Å². The summed E-state index contributed by atoms with van der Waals surface area (Å²) < 4.78 is 15.8. The van der Waals surface area contributed by atoms with Gasteiger partial charge >= 0.3 is 0 Å². The number of para-hydroxylation sites is 1. The SMILES string of the molecule is CCn1c2ccccc2c2cc(NC(=O)C(C)Sc3cccc(NC(=O)/C(=C/c4ccc(F)cc4)NC(=O)c4ccccc4)c3)ccc21. The third-order valence-electron chi connectivity index (χ3n) is 7.84. The number of aromatic nitrogens is 1. The van der Waals surface area contributed by atoms with Crippen LogP contribution in [0.15, 0.2) is 132 Å². The van der Waals surface area contributed by atoms with Crippen LogP contribution in [-0.2, 0) is 16.1 Å². The first-order valence-electron chi connectivity index (χ1n) is 15.5. The predicted octanol–water partition coefficient (Wildman–Crippen LogP) is 8.48. The molecule has 0 saturated carbocycles. The molecule has 1 aromatic heterocycles. The zero-order valence-corrected chi connectivity index (χ0v) is 27.2. The van der Waals surface area contributed by atoms with E-state index in [0.29, 0.717) is 16.8 Å². The summed E-state index contributed by atoms with van der Waals surface area (Å²) in [6.07, 6.45) is 1.48. The lowest BCUT2D eigenvalue weighted by atomic mass is 10.1. The Labute approximate surface area is 281 Å². The van der Waals surface area contributed by atoms with Crippen LogP contribution < -0.4 is 16.0 Å². The van der Waals surface area contributed by atoms with Gasteiger partial charge in [0.1, 0.15) is 11.5 Å². The van der Waals surface area contributed by atoms with Crippen LogP contribution in [0.1, 0.15) is 29.8 Å². The van der Waals surface area contributed by atoms with E-state index < -0.39 is 22.9 Å². The highest BCUT2D eigenvalue weighted by Crippen LogP contribution is 2.32. The molecule has 1 atom stereocenters. The second-order valence-electron chi connectivity index (χ2n) is 11.2. The lowest BCUT2D eigenvalue weighted by Crippen LogP contribution is -2.30. The van der Waals surface area contributed by atoms with Crippen molar-refractivity contribution in [3.63, 3.8) is 0 Å². The van der Waals surface area contributed by atoms with Gasteiger partial charge in [0.15, 0.2) is 0 Å². The molecule has 3 N–H and O–H groups in total. The number of fused-ring (bicyclic) bond motifs is 3. The molecule has 9 heteroatoms. The van der Waals surface area contributed by atoms with Crippen molar-refractivity contribution in [3.8, 4) is 0 Å². The Morgan fingerprint density at radius 3 is 2.25 bits per heavy atom. The van der Waals surface area contributed by atoms with Crippen LogP contribution in [-0.4, -0.2) is 27.5 Å². The topological polar surface area (TPSA) is 92.2 Å². The molecule has 7 nitrogen and oxygen atoms in total. The molecular formula is C39H33FN4O3S. The Bertz CT molecular complexity index is 2160. The Kier molecular flexibility index (Phi) is 9.68. The van der Waals surface area contributed by atoms with Gasteiger partial charge in [-0.2, -0.15) is 0 Å². The molecule has 240 valence electrons. The number of aryl methyl sites for hydroxylation is 1. The molecule has 0 saturated heterocycles. The van der Waals surface area contributed by atoms with Crippen molar-refractivity contribution >= 4 is 68.7 Å². The van der Waals surface area contributed by atoms with Crippen LogP contribution in [0.4, 0.5) is 15.8 Å². The Hall–Kier alpha value is -5.67. The van der Waals surface area contributed by atoms with Crippen molar-refractivity contribution in [2.24, 2.45) is 0 Å². The third-order valence-corrected chi connectivity index (χ3v) is 8.93. The second kappa shape index (κ2) is 14.4. The Balaban J connectivity index is 1.15. The molecule has 6 rings (SSSR count). The molecular weight excluding hydrogens is 624 g/mol. The van der Waals surface area contributed by atoms with E-state index in [1.54, 1.807) is 48.5 Å². The van der Waals surface area contributed by atoms with E-state index in [9.17, 15) is 18.8 Å². The molecule has 3 amide bonds. The van der Waals surface area contributed by atoms with Crippen molar-refractivity contribution in [1.29, 1.82) is 0 Å². The molecule has 0 spiro atoms. The molecule has 6 aromatic rings. The number of hydrogen-bond acceptors (Lipinski definition) is 4. The van der Waals surface area contributed by atoms with Crippen LogP contribution >= 0.6 is 11.8 Å². The fraction of sp³-hybridized carbons (Fsp3) is 0.103. The van der Waals surface area contributed by atoms with Gasteiger partial charge in [-0.15, -0.1) is 11.8 Å². The quantitative estimate of drug-likeness (QED) is 0.102. The van der Waals surface area contributed by atoms with Crippen LogP contribution in [0.5, 0.6) is 0 Å². The van der Waals surface area contributed by atoms with E-state index in [-0.39, 0.29) is 11.6 Å². The minimum Gasteiger partial charge on any atom is -0.341 e. The number of rotatable bonds is 10. The number of benzene rings is 5. The lowest BCUT2D eigenvalue weighted by Gasteiger charge is -2.14. The van der Waals surface area contributed by atoms with Crippen LogP contribution in [0.25, 0.3) is 27.9 Å². The van der Waals surface area contributed by atoms with E-state index in [4.69, 9.17) is 0 Å². The number of thioether (sulfide) groups is 1. The van der Waals surface area contributed by atoms with Crippen molar-refractivity contribution in [3.05, 3.63) is 144 Å². The monoisotopic (exact) mass is 656 g/mol. The fourth-order valence-corrected chi connectivity index (χ4v) is 6.41. The Morgan fingerprint density at radius 2 is 1.48 bits per heavy atom. The summed E-state index contributed by atoms with van der Waals surface area (Å²) >= 11 is 1.36. The number of hydrogen-bond donors (Lipinski definition) is 3. The first-order valence-corrected chi connectivity index (χ1v) is 16.4. The van der Waals surface area contributed by atoms with Crippen LogP contribution in [0.3, 0.4) is 0 Å². The van der Waals surface area contributed by atoms with E-state index in [0.717, 1.165) is 38.9 Å². The van der Waals surface area contributed by atoms with Crippen molar-refractivity contribution in [2.45, 2.75) is 30.5 Å². The van der Waals surface area contributed by atoms with Crippen LogP contribution in [0.2, 0.25) is 0 Å². The number of nitrogens with zero attached hydrogens (tertiary/aromatic N) is 1. The van der Waals surface area contributed by atoms with Gasteiger partial charge in [-0.3, -0.25) is 14.4 Å². The minimum atomic E-state index is -0.559. The number of carbonyl (C=O) groups excluding carboxylic acids is 3. The van der Waals surface area contributed by atoms with E-state index in [1.807, 2.05) is 43.3 Å². The summed E-state index contributed by atoms with van der Waals surface area (Å²) in [4.78, 5) is 40.4. The molecule has 1 heterocycles. The second-order valence-corrected chi connectivity index (χ2v) is 12.6. The largest absolute Gasteiger partial charge is 0.341 e. The Morgan fingerprint density at radius 1 is 0.771 bits per heavy atom. The van der Waals surface area contributed by atoms with E-state index >= 15 is 0 Å². The maximum atomic E-state index is 13.5. The molecule has 0 radical (unpaired) electrons. The number of nitrogens with one attached hydrogen (secondary N) is 3. The smallest absolute Gasteiger partial charge is 0.272 e. The molecule has 48 heavy (non-hydrogen) atoms. The summed E-state index contributed by atoms with van der Waals surface area (Å²) in [5.41, 5.74) is 4.38. The fourth-order valence-electron chi connectivity index (χ4n) is 5.49. The van der Waals surface area contributed by atoms with E-state index in [1.165, 1.54) is 42.1 Å². The maximum absolute atomic E-state index is 13.5. The summed E-state index contributed by atoms with van der Waals surface area (Å²) in [5, 5.41) is 10.4. The van der Waals surface area contributed by atoms with Gasteiger partial charge in [-0.25, -0.2) is 4.39 Å². The first-order chi connectivity index (χ1) is 23.3. The minimum absolute atomic E-state index is 0.0136. The molecule has 1 unspecified atom stereocenters. The average molecular weight is 657 g/mol. The molecule has 5 aromatic carbocycles. The number of anilines is 2. The van der Waals surface area contributed by atoms with Gasteiger partial charge in [-0.1, -0.05) is 54.6 Å². The number of halogens is 1. The summed E-state index contributed by atoms with van der Waals surface area (Å²) in [6, 6.07) is 35.5.